The first kappa shape index (κ1) is 22.0. The Balaban J connectivity index is 1.26. The van der Waals surface area contributed by atoms with Gasteiger partial charge in [0.1, 0.15) is 18.0 Å². The van der Waals surface area contributed by atoms with E-state index in [4.69, 9.17) is 9.47 Å². The Hall–Kier alpha value is -2.82. The van der Waals surface area contributed by atoms with Gasteiger partial charge in [-0.15, -0.1) is 0 Å². The molecule has 1 fully saturated rings. The standard InChI is InChI=1S/C28H34N2O3/c1-28(2,3)33-27(31)30-14-13-21-16-22(10-12-26(21)30)32-18-19-9-11-23(20-7-5-4-6-8-20)24(15-19)25-17-29-25/h9-12,15-16,20H,4-8,13-14,17-18H2,1-3H3. The van der Waals surface area contributed by atoms with Gasteiger partial charge in [0.2, 0.25) is 0 Å². The molecule has 2 heterocycles. The minimum Gasteiger partial charge on any atom is -0.489 e. The van der Waals surface area contributed by atoms with E-state index in [9.17, 15) is 4.79 Å². The van der Waals surface area contributed by atoms with E-state index in [0.717, 1.165) is 30.0 Å². The molecule has 0 unspecified atom stereocenters. The molecule has 2 aromatic carbocycles. The molecule has 5 nitrogen and oxygen atoms in total. The van der Waals surface area contributed by atoms with Crippen LogP contribution in [0.5, 0.6) is 5.75 Å². The number of amides is 1. The molecule has 0 saturated heterocycles. The quantitative estimate of drug-likeness (QED) is 0.533. The number of carbonyl (C=O) groups excluding carboxylic acids is 1. The zero-order valence-corrected chi connectivity index (χ0v) is 20.0. The van der Waals surface area contributed by atoms with E-state index >= 15 is 0 Å². The summed E-state index contributed by atoms with van der Waals surface area (Å²) in [4.78, 5) is 18.7. The van der Waals surface area contributed by atoms with E-state index in [1.165, 1.54) is 54.5 Å². The summed E-state index contributed by atoms with van der Waals surface area (Å²) in [7, 11) is 0. The lowest BCUT2D eigenvalue weighted by atomic mass is 9.81. The number of hydrogen-bond donors (Lipinski definition) is 0. The van der Waals surface area contributed by atoms with Crippen LogP contribution in [0, 0.1) is 0 Å². The number of carbonyl (C=O) groups is 1. The molecule has 0 N–H and O–H groups in total. The van der Waals surface area contributed by atoms with Crippen molar-refractivity contribution in [1.82, 2.24) is 0 Å². The second-order valence-corrected chi connectivity index (χ2v) is 10.5. The van der Waals surface area contributed by atoms with E-state index < -0.39 is 5.60 Å². The second-order valence-electron chi connectivity index (χ2n) is 10.5. The maximum absolute atomic E-state index is 12.5. The molecular weight excluding hydrogens is 412 g/mol. The average Bonchev–Trinajstić information content (AvgIpc) is 3.55. The minimum absolute atomic E-state index is 0.288. The van der Waals surface area contributed by atoms with E-state index in [0.29, 0.717) is 19.1 Å². The second kappa shape index (κ2) is 8.85. The van der Waals surface area contributed by atoms with Crippen molar-refractivity contribution < 1.29 is 14.3 Å². The summed E-state index contributed by atoms with van der Waals surface area (Å²) in [6, 6.07) is 12.8. The van der Waals surface area contributed by atoms with Crippen LogP contribution in [-0.2, 0) is 17.8 Å². The molecule has 0 bridgehead atoms. The Bertz CT molecular complexity index is 1080. The Labute approximate surface area is 196 Å². The van der Waals surface area contributed by atoms with Crippen molar-refractivity contribution in [2.45, 2.75) is 77.4 Å². The fraction of sp³-hybridized carbons (Fsp3) is 0.500. The number of benzene rings is 2. The maximum Gasteiger partial charge on any atom is 0.414 e. The predicted molar refractivity (Wildman–Crippen MR) is 132 cm³/mol. The third kappa shape index (κ3) is 5.07. The Morgan fingerprint density at radius 2 is 1.88 bits per heavy atom. The van der Waals surface area contributed by atoms with Crippen molar-refractivity contribution in [2.75, 3.05) is 18.0 Å². The summed E-state index contributed by atoms with van der Waals surface area (Å²) in [5.41, 5.74) is 6.79. The third-order valence-electron chi connectivity index (χ3n) is 6.76. The number of nitrogens with zero attached hydrogens (tertiary/aromatic N) is 2. The van der Waals surface area contributed by atoms with E-state index in [-0.39, 0.29) is 6.09 Å². The first-order chi connectivity index (χ1) is 15.9. The first-order valence-electron chi connectivity index (χ1n) is 12.3. The number of hydrogen-bond acceptors (Lipinski definition) is 4. The van der Waals surface area contributed by atoms with Crippen LogP contribution in [-0.4, -0.2) is 30.5 Å². The topological polar surface area (TPSA) is 51.1 Å². The van der Waals surface area contributed by atoms with Crippen LogP contribution in [0.1, 0.15) is 81.0 Å². The number of aliphatic imine (C=N–C) groups is 1. The smallest absolute Gasteiger partial charge is 0.414 e. The van der Waals surface area contributed by atoms with Gasteiger partial charge in [0.05, 0.1) is 17.9 Å². The van der Waals surface area contributed by atoms with E-state index in [2.05, 4.69) is 29.3 Å². The highest BCUT2D eigenvalue weighted by Crippen LogP contribution is 2.36. The largest absolute Gasteiger partial charge is 0.489 e. The Morgan fingerprint density at radius 3 is 2.61 bits per heavy atom. The van der Waals surface area contributed by atoms with E-state index in [1.807, 2.05) is 32.9 Å². The molecule has 33 heavy (non-hydrogen) atoms. The molecule has 3 aliphatic rings. The summed E-state index contributed by atoms with van der Waals surface area (Å²) in [5.74, 6) is 1.51. The zero-order chi connectivity index (χ0) is 23.0. The highest BCUT2D eigenvalue weighted by Gasteiger charge is 2.29. The lowest BCUT2D eigenvalue weighted by molar-refractivity contribution is 0.0584. The third-order valence-corrected chi connectivity index (χ3v) is 6.76. The minimum atomic E-state index is -0.500. The highest BCUT2D eigenvalue weighted by molar-refractivity contribution is 6.11. The van der Waals surface area contributed by atoms with Gasteiger partial charge in [-0.25, -0.2) is 4.79 Å². The molecule has 0 radical (unpaired) electrons. The first-order valence-corrected chi connectivity index (χ1v) is 12.3. The van der Waals surface area contributed by atoms with Crippen LogP contribution in [0.25, 0.3) is 0 Å². The monoisotopic (exact) mass is 446 g/mol. The van der Waals surface area contributed by atoms with Crippen LogP contribution in [0.2, 0.25) is 0 Å². The molecule has 1 saturated carbocycles. The van der Waals surface area contributed by atoms with Crippen LogP contribution in [0.4, 0.5) is 10.5 Å². The molecule has 0 spiro atoms. The van der Waals surface area contributed by atoms with Crippen molar-refractivity contribution in [1.29, 1.82) is 0 Å². The molecule has 2 aromatic rings. The van der Waals surface area contributed by atoms with Gasteiger partial charge in [-0.2, -0.15) is 0 Å². The van der Waals surface area contributed by atoms with Gasteiger partial charge in [-0.3, -0.25) is 9.89 Å². The van der Waals surface area contributed by atoms with Crippen LogP contribution in [0.3, 0.4) is 0 Å². The van der Waals surface area contributed by atoms with Crippen LogP contribution >= 0.6 is 0 Å². The maximum atomic E-state index is 12.5. The molecule has 0 aromatic heterocycles. The highest BCUT2D eigenvalue weighted by atomic mass is 16.6. The van der Waals surface area contributed by atoms with Crippen molar-refractivity contribution in [3.63, 3.8) is 0 Å². The van der Waals surface area contributed by atoms with Crippen molar-refractivity contribution >= 4 is 17.5 Å². The number of fused-ring (bicyclic) bond motifs is 1. The normalized spacial score (nSPS) is 18.0. The average molecular weight is 447 g/mol. The zero-order valence-electron chi connectivity index (χ0n) is 20.0. The number of rotatable bonds is 5. The molecule has 5 rings (SSSR count). The van der Waals surface area contributed by atoms with Crippen LogP contribution < -0.4 is 9.64 Å². The molecule has 1 aliphatic carbocycles. The summed E-state index contributed by atoms with van der Waals surface area (Å²) < 4.78 is 11.7. The van der Waals surface area contributed by atoms with E-state index in [1.54, 1.807) is 4.90 Å². The van der Waals surface area contributed by atoms with Gasteiger partial charge in [0.25, 0.3) is 0 Å². The van der Waals surface area contributed by atoms with Crippen LogP contribution in [0.15, 0.2) is 41.4 Å². The molecular formula is C28H34N2O3. The molecule has 174 valence electrons. The van der Waals surface area contributed by atoms with Gasteiger partial charge >= 0.3 is 6.09 Å². The molecule has 5 heteroatoms. The lowest BCUT2D eigenvalue weighted by Crippen LogP contribution is -2.35. The summed E-state index contributed by atoms with van der Waals surface area (Å²) in [6.45, 7) is 7.72. The molecule has 0 atom stereocenters. The SMILES string of the molecule is CC(C)(C)OC(=O)N1CCc2cc(OCc3ccc(C4CCCCC4)c(C4=NC4)c3)ccc21. The van der Waals surface area contributed by atoms with Gasteiger partial charge in [0.15, 0.2) is 0 Å². The van der Waals surface area contributed by atoms with Gasteiger partial charge in [-0.05, 0) is 86.9 Å². The van der Waals surface area contributed by atoms with Crippen molar-refractivity contribution in [2.24, 2.45) is 4.99 Å². The fourth-order valence-corrected chi connectivity index (χ4v) is 5.06. The Kier molecular flexibility index (Phi) is 5.90. The predicted octanol–water partition coefficient (Wildman–Crippen LogP) is 6.41. The van der Waals surface area contributed by atoms with Crippen molar-refractivity contribution in [3.05, 3.63) is 58.7 Å². The fourth-order valence-electron chi connectivity index (χ4n) is 5.06. The Morgan fingerprint density at radius 1 is 1.09 bits per heavy atom. The van der Waals surface area contributed by atoms with Gasteiger partial charge < -0.3 is 9.47 Å². The van der Waals surface area contributed by atoms with Gasteiger partial charge in [-0.1, -0.05) is 31.4 Å². The summed E-state index contributed by atoms with van der Waals surface area (Å²) in [5, 5.41) is 0. The number of anilines is 1. The molecule has 1 amide bonds. The summed E-state index contributed by atoms with van der Waals surface area (Å²) in [6.07, 6.45) is 7.16. The summed E-state index contributed by atoms with van der Waals surface area (Å²) >= 11 is 0. The van der Waals surface area contributed by atoms with Crippen molar-refractivity contribution in [3.8, 4) is 5.75 Å². The molecule has 2 aliphatic heterocycles. The lowest BCUT2D eigenvalue weighted by Gasteiger charge is -2.25. The van der Waals surface area contributed by atoms with Gasteiger partial charge in [0, 0.05) is 12.1 Å². The number of ether oxygens (including phenoxy) is 2.